The van der Waals surface area contributed by atoms with Gasteiger partial charge >= 0.3 is 12.0 Å². The Kier molecular flexibility index (Phi) is 4.42. The maximum Gasteiger partial charge on any atom is 0.316 e. The minimum atomic E-state index is -0.810. The Morgan fingerprint density at radius 3 is 2.48 bits per heavy atom. The maximum absolute atomic E-state index is 12.3. The third-order valence-electron chi connectivity index (χ3n) is 3.51. The van der Waals surface area contributed by atoms with E-state index in [9.17, 15) is 14.4 Å². The van der Waals surface area contributed by atoms with Crippen LogP contribution in [0, 0.1) is 5.92 Å². The van der Waals surface area contributed by atoms with Crippen molar-refractivity contribution < 1.29 is 19.5 Å². The Labute approximate surface area is 121 Å². The number of rotatable bonds is 3. The van der Waals surface area contributed by atoms with Gasteiger partial charge in [-0.15, -0.1) is 0 Å². The maximum atomic E-state index is 12.3. The second kappa shape index (κ2) is 6.25. The summed E-state index contributed by atoms with van der Waals surface area (Å²) in [5.41, 5.74) is 5.93. The van der Waals surface area contributed by atoms with Crippen LogP contribution in [0.15, 0.2) is 24.3 Å². The van der Waals surface area contributed by atoms with Gasteiger partial charge in [-0.1, -0.05) is 6.07 Å². The van der Waals surface area contributed by atoms with Crippen molar-refractivity contribution >= 4 is 23.6 Å². The summed E-state index contributed by atoms with van der Waals surface area (Å²) in [6.45, 7) is 0.840. The van der Waals surface area contributed by atoms with E-state index >= 15 is 0 Å². The first-order chi connectivity index (χ1) is 9.97. The first-order valence-corrected chi connectivity index (χ1v) is 6.66. The summed E-state index contributed by atoms with van der Waals surface area (Å²) < 4.78 is 0. The highest BCUT2D eigenvalue weighted by molar-refractivity contribution is 5.96. The van der Waals surface area contributed by atoms with Gasteiger partial charge in [0.1, 0.15) is 0 Å². The molecule has 21 heavy (non-hydrogen) atoms. The number of carbonyl (C=O) groups excluding carboxylic acids is 2. The van der Waals surface area contributed by atoms with Gasteiger partial charge in [-0.3, -0.25) is 9.59 Å². The van der Waals surface area contributed by atoms with Crippen molar-refractivity contribution in [3.05, 3.63) is 29.8 Å². The molecule has 0 spiro atoms. The van der Waals surface area contributed by atoms with Gasteiger partial charge in [0.2, 0.25) is 0 Å². The van der Waals surface area contributed by atoms with Crippen LogP contribution >= 0.6 is 0 Å². The van der Waals surface area contributed by atoms with Gasteiger partial charge in [-0.2, -0.15) is 0 Å². The molecule has 1 aromatic rings. The fraction of sp³-hybridized carbons (Fsp3) is 0.357. The standard InChI is InChI=1S/C14H17N3O4/c15-14(21)16-11-3-1-2-10(8-11)12(18)17-6-4-9(5-7-17)13(19)20/h1-3,8-9H,4-7H2,(H,19,20)(H3,15,16,21). The summed E-state index contributed by atoms with van der Waals surface area (Å²) in [6, 6.07) is 5.80. The van der Waals surface area contributed by atoms with E-state index in [4.69, 9.17) is 10.8 Å². The fourth-order valence-electron chi connectivity index (χ4n) is 2.38. The van der Waals surface area contributed by atoms with E-state index in [0.29, 0.717) is 37.2 Å². The quantitative estimate of drug-likeness (QED) is 0.774. The number of nitrogens with one attached hydrogen (secondary N) is 1. The first kappa shape index (κ1) is 14.8. The van der Waals surface area contributed by atoms with Crippen molar-refractivity contribution in [2.45, 2.75) is 12.8 Å². The van der Waals surface area contributed by atoms with Crippen LogP contribution in [0.1, 0.15) is 23.2 Å². The van der Waals surface area contributed by atoms with E-state index in [-0.39, 0.29) is 11.8 Å². The van der Waals surface area contributed by atoms with Crippen molar-refractivity contribution in [2.75, 3.05) is 18.4 Å². The lowest BCUT2D eigenvalue weighted by Gasteiger charge is -2.30. The summed E-state index contributed by atoms with van der Waals surface area (Å²) in [5.74, 6) is -1.36. The van der Waals surface area contributed by atoms with Crippen LogP contribution in [-0.4, -0.2) is 41.0 Å². The van der Waals surface area contributed by atoms with Crippen LogP contribution in [0.5, 0.6) is 0 Å². The van der Waals surface area contributed by atoms with E-state index in [1.165, 1.54) is 0 Å². The molecule has 0 atom stereocenters. The molecule has 0 radical (unpaired) electrons. The van der Waals surface area contributed by atoms with Gasteiger partial charge in [-0.05, 0) is 31.0 Å². The lowest BCUT2D eigenvalue weighted by Crippen LogP contribution is -2.40. The number of primary amides is 1. The van der Waals surface area contributed by atoms with Gasteiger partial charge in [0, 0.05) is 24.3 Å². The highest BCUT2D eigenvalue weighted by Crippen LogP contribution is 2.20. The molecular weight excluding hydrogens is 274 g/mol. The molecule has 3 amide bonds. The smallest absolute Gasteiger partial charge is 0.316 e. The molecule has 4 N–H and O–H groups in total. The van der Waals surface area contributed by atoms with Crippen LogP contribution in [0.3, 0.4) is 0 Å². The summed E-state index contributed by atoms with van der Waals surface area (Å²) in [5, 5.41) is 11.4. The molecule has 1 aromatic carbocycles. The highest BCUT2D eigenvalue weighted by atomic mass is 16.4. The monoisotopic (exact) mass is 291 g/mol. The predicted octanol–water partition coefficient (Wildman–Crippen LogP) is 1.11. The average Bonchev–Trinajstić information content (AvgIpc) is 2.46. The third-order valence-corrected chi connectivity index (χ3v) is 3.51. The van der Waals surface area contributed by atoms with Crippen molar-refractivity contribution in [3.8, 4) is 0 Å². The number of hydrogen-bond donors (Lipinski definition) is 3. The Balaban J connectivity index is 2.04. The molecule has 1 aliphatic heterocycles. The molecule has 0 saturated carbocycles. The Morgan fingerprint density at radius 1 is 1.24 bits per heavy atom. The van der Waals surface area contributed by atoms with Crippen molar-refractivity contribution in [3.63, 3.8) is 0 Å². The van der Waals surface area contributed by atoms with Gasteiger partial charge in [0.05, 0.1) is 5.92 Å². The Morgan fingerprint density at radius 2 is 1.90 bits per heavy atom. The minimum Gasteiger partial charge on any atom is -0.481 e. The van der Waals surface area contributed by atoms with Crippen LogP contribution < -0.4 is 11.1 Å². The lowest BCUT2D eigenvalue weighted by molar-refractivity contribution is -0.143. The number of nitrogens with zero attached hydrogens (tertiary/aromatic N) is 1. The third kappa shape index (κ3) is 3.71. The zero-order valence-corrected chi connectivity index (χ0v) is 11.4. The van der Waals surface area contributed by atoms with Crippen LogP contribution in [0.2, 0.25) is 0 Å². The number of benzene rings is 1. The zero-order chi connectivity index (χ0) is 15.4. The number of urea groups is 1. The molecule has 7 nitrogen and oxygen atoms in total. The number of amides is 3. The summed E-state index contributed by atoms with van der Waals surface area (Å²) in [4.78, 5) is 35.7. The number of likely N-dealkylation sites (tertiary alicyclic amines) is 1. The van der Waals surface area contributed by atoms with Crippen LogP contribution in [-0.2, 0) is 4.79 Å². The molecule has 2 rings (SSSR count). The molecular formula is C14H17N3O4. The fourth-order valence-corrected chi connectivity index (χ4v) is 2.38. The number of piperidine rings is 1. The molecule has 1 fully saturated rings. The van der Waals surface area contributed by atoms with E-state index < -0.39 is 12.0 Å². The van der Waals surface area contributed by atoms with Crippen molar-refractivity contribution in [1.82, 2.24) is 4.90 Å². The van der Waals surface area contributed by atoms with Crippen molar-refractivity contribution in [1.29, 1.82) is 0 Å². The number of carboxylic acids is 1. The summed E-state index contributed by atoms with van der Waals surface area (Å²) >= 11 is 0. The van der Waals surface area contributed by atoms with Crippen LogP contribution in [0.25, 0.3) is 0 Å². The zero-order valence-electron chi connectivity index (χ0n) is 11.4. The van der Waals surface area contributed by atoms with E-state index in [0.717, 1.165) is 0 Å². The largest absolute Gasteiger partial charge is 0.481 e. The van der Waals surface area contributed by atoms with Crippen LogP contribution in [0.4, 0.5) is 10.5 Å². The average molecular weight is 291 g/mol. The van der Waals surface area contributed by atoms with Gasteiger partial charge in [-0.25, -0.2) is 4.79 Å². The molecule has 112 valence electrons. The normalized spacial score (nSPS) is 15.5. The molecule has 0 aliphatic carbocycles. The van der Waals surface area contributed by atoms with E-state index in [2.05, 4.69) is 5.32 Å². The molecule has 1 saturated heterocycles. The second-order valence-electron chi connectivity index (χ2n) is 4.97. The highest BCUT2D eigenvalue weighted by Gasteiger charge is 2.27. The van der Waals surface area contributed by atoms with E-state index in [1.54, 1.807) is 29.2 Å². The predicted molar refractivity (Wildman–Crippen MR) is 75.9 cm³/mol. The summed E-state index contributed by atoms with van der Waals surface area (Å²) in [6.07, 6.45) is 0.917. The second-order valence-corrected chi connectivity index (χ2v) is 4.97. The number of anilines is 1. The topological polar surface area (TPSA) is 113 Å². The van der Waals surface area contributed by atoms with Gasteiger partial charge < -0.3 is 21.1 Å². The number of carboxylic acid groups (broad SMARTS) is 1. The molecule has 1 aliphatic rings. The van der Waals surface area contributed by atoms with Gasteiger partial charge in [0.15, 0.2) is 0 Å². The molecule has 1 heterocycles. The van der Waals surface area contributed by atoms with Crippen molar-refractivity contribution in [2.24, 2.45) is 11.7 Å². The first-order valence-electron chi connectivity index (χ1n) is 6.66. The number of aliphatic carboxylic acids is 1. The molecule has 0 bridgehead atoms. The Hall–Kier alpha value is -2.57. The molecule has 0 unspecified atom stereocenters. The number of carbonyl (C=O) groups is 3. The number of hydrogen-bond acceptors (Lipinski definition) is 3. The molecule has 7 heteroatoms. The Bertz CT molecular complexity index is 565. The van der Waals surface area contributed by atoms with Gasteiger partial charge in [0.25, 0.3) is 5.91 Å². The van der Waals surface area contributed by atoms with E-state index in [1.807, 2.05) is 0 Å². The SMILES string of the molecule is NC(=O)Nc1cccc(C(=O)N2CCC(C(=O)O)CC2)c1. The minimum absolute atomic E-state index is 0.174. The number of nitrogens with two attached hydrogens (primary N) is 1. The molecule has 0 aromatic heterocycles. The lowest BCUT2D eigenvalue weighted by atomic mass is 9.96. The summed E-state index contributed by atoms with van der Waals surface area (Å²) in [7, 11) is 0.